The fourth-order valence-corrected chi connectivity index (χ4v) is 2.66. The van der Waals surface area contributed by atoms with Crippen LogP contribution in [0.25, 0.3) is 4.96 Å². The molecule has 0 saturated heterocycles. The first-order chi connectivity index (χ1) is 9.47. The summed E-state index contributed by atoms with van der Waals surface area (Å²) in [6.45, 7) is 7.22. The molecule has 2 N–H and O–H groups in total. The fourth-order valence-electron chi connectivity index (χ4n) is 1.84. The van der Waals surface area contributed by atoms with Crippen LogP contribution >= 0.6 is 11.3 Å². The summed E-state index contributed by atoms with van der Waals surface area (Å²) in [5, 5.41) is 21.8. The highest BCUT2D eigenvalue weighted by Crippen LogP contribution is 2.23. The van der Waals surface area contributed by atoms with Gasteiger partial charge in [0.05, 0.1) is 18.4 Å². The zero-order chi connectivity index (χ0) is 14.3. The third-order valence-corrected chi connectivity index (χ3v) is 3.68. The van der Waals surface area contributed by atoms with E-state index in [1.54, 1.807) is 9.20 Å². The molecule has 0 aromatic carbocycles. The van der Waals surface area contributed by atoms with Crippen molar-refractivity contribution >= 4 is 16.3 Å². The van der Waals surface area contributed by atoms with Gasteiger partial charge in [-0.15, -0.1) is 15.3 Å². The van der Waals surface area contributed by atoms with Crippen LogP contribution in [-0.2, 0) is 18.5 Å². The van der Waals surface area contributed by atoms with Gasteiger partial charge in [0, 0.05) is 12.0 Å². The second-order valence-electron chi connectivity index (χ2n) is 5.58. The molecule has 0 aliphatic rings. The first kappa shape index (κ1) is 13.1. The Morgan fingerprint density at radius 3 is 2.70 bits per heavy atom. The first-order valence-electron chi connectivity index (χ1n) is 6.28. The minimum Gasteiger partial charge on any atom is -0.325 e. The molecule has 0 saturated carbocycles. The summed E-state index contributed by atoms with van der Waals surface area (Å²) in [5.41, 5.74) is 6.19. The Balaban J connectivity index is 1.91. The molecule has 0 aliphatic carbocycles. The predicted molar refractivity (Wildman–Crippen MR) is 74.4 cm³/mol. The summed E-state index contributed by atoms with van der Waals surface area (Å²) in [7, 11) is 0. The average molecular weight is 292 g/mol. The van der Waals surface area contributed by atoms with Gasteiger partial charge in [-0.25, -0.2) is 4.68 Å². The van der Waals surface area contributed by atoms with E-state index in [1.165, 1.54) is 11.3 Å². The summed E-state index contributed by atoms with van der Waals surface area (Å²) < 4.78 is 3.53. The van der Waals surface area contributed by atoms with Gasteiger partial charge in [0.25, 0.3) is 0 Å². The van der Waals surface area contributed by atoms with E-state index < -0.39 is 0 Å². The van der Waals surface area contributed by atoms with E-state index in [0.717, 1.165) is 21.5 Å². The molecule has 0 amide bonds. The molecule has 3 heterocycles. The van der Waals surface area contributed by atoms with Crippen molar-refractivity contribution in [2.24, 2.45) is 5.73 Å². The van der Waals surface area contributed by atoms with Crippen molar-refractivity contribution in [3.8, 4) is 0 Å². The number of nitrogens with two attached hydrogens (primary N) is 1. The Hall–Kier alpha value is -1.87. The lowest BCUT2D eigenvalue weighted by Gasteiger charge is -2.13. The zero-order valence-electron chi connectivity index (χ0n) is 11.6. The molecule has 0 spiro atoms. The molecule has 8 nitrogen and oxygen atoms in total. The fraction of sp³-hybridized carbons (Fsp3) is 0.545. The number of rotatable bonds is 3. The van der Waals surface area contributed by atoms with E-state index in [-0.39, 0.29) is 5.41 Å². The van der Waals surface area contributed by atoms with Crippen LogP contribution in [-0.4, -0.2) is 34.8 Å². The van der Waals surface area contributed by atoms with Gasteiger partial charge in [-0.2, -0.15) is 9.61 Å². The standard InChI is InChI=1S/C11H16N8S/c1-11(2,3)9-14-15-10-19(9)16-8(20-10)6-18-5-7(4-12)13-17-18/h5H,4,6,12H2,1-3H3. The Morgan fingerprint density at radius 1 is 1.25 bits per heavy atom. The van der Waals surface area contributed by atoms with Gasteiger partial charge in [-0.3, -0.25) is 0 Å². The zero-order valence-corrected chi connectivity index (χ0v) is 12.4. The maximum atomic E-state index is 5.52. The van der Waals surface area contributed by atoms with E-state index >= 15 is 0 Å². The number of nitrogens with zero attached hydrogens (tertiary/aromatic N) is 7. The van der Waals surface area contributed by atoms with Gasteiger partial charge < -0.3 is 5.73 Å². The summed E-state index contributed by atoms with van der Waals surface area (Å²) >= 11 is 1.50. The van der Waals surface area contributed by atoms with E-state index in [2.05, 4.69) is 46.4 Å². The molecule has 20 heavy (non-hydrogen) atoms. The van der Waals surface area contributed by atoms with Crippen LogP contribution in [0, 0.1) is 0 Å². The predicted octanol–water partition coefficient (Wildman–Crippen LogP) is 0.582. The third-order valence-electron chi connectivity index (χ3n) is 2.80. The lowest BCUT2D eigenvalue weighted by molar-refractivity contribution is 0.525. The smallest absolute Gasteiger partial charge is 0.234 e. The molecule has 0 radical (unpaired) electrons. The molecular weight excluding hydrogens is 276 g/mol. The lowest BCUT2D eigenvalue weighted by Crippen LogP contribution is -2.16. The van der Waals surface area contributed by atoms with Crippen molar-refractivity contribution in [3.63, 3.8) is 0 Å². The van der Waals surface area contributed by atoms with Crippen molar-refractivity contribution in [1.29, 1.82) is 0 Å². The third kappa shape index (κ3) is 2.29. The van der Waals surface area contributed by atoms with Crippen LogP contribution in [0.2, 0.25) is 0 Å². The van der Waals surface area contributed by atoms with Gasteiger partial charge >= 0.3 is 0 Å². The van der Waals surface area contributed by atoms with Crippen LogP contribution in [0.15, 0.2) is 6.20 Å². The lowest BCUT2D eigenvalue weighted by atomic mass is 9.96. The number of fused-ring (bicyclic) bond motifs is 1. The largest absolute Gasteiger partial charge is 0.325 e. The molecule has 106 valence electrons. The Kier molecular flexibility index (Phi) is 3.02. The first-order valence-corrected chi connectivity index (χ1v) is 7.09. The van der Waals surface area contributed by atoms with Gasteiger partial charge in [0.2, 0.25) is 4.96 Å². The van der Waals surface area contributed by atoms with Crippen LogP contribution in [0.4, 0.5) is 0 Å². The Morgan fingerprint density at radius 2 is 2.05 bits per heavy atom. The second kappa shape index (κ2) is 4.60. The minimum absolute atomic E-state index is 0.0925. The van der Waals surface area contributed by atoms with Gasteiger partial charge in [0.1, 0.15) is 5.01 Å². The van der Waals surface area contributed by atoms with Crippen LogP contribution in [0.5, 0.6) is 0 Å². The topological polar surface area (TPSA) is 99.8 Å². The maximum Gasteiger partial charge on any atom is 0.234 e. The molecular formula is C11H16N8S. The summed E-state index contributed by atoms with van der Waals surface area (Å²) in [5.74, 6) is 0.858. The van der Waals surface area contributed by atoms with E-state index in [9.17, 15) is 0 Å². The highest BCUT2D eigenvalue weighted by Gasteiger charge is 2.23. The SMILES string of the molecule is CC(C)(C)c1nnc2sc(Cn3cc(CN)nn3)nn12. The number of aromatic nitrogens is 7. The summed E-state index contributed by atoms with van der Waals surface area (Å²) in [4.78, 5) is 0.795. The van der Waals surface area contributed by atoms with Gasteiger partial charge in [0.15, 0.2) is 5.82 Å². The number of hydrogen-bond acceptors (Lipinski definition) is 7. The maximum absolute atomic E-state index is 5.52. The molecule has 9 heteroatoms. The molecule has 3 aromatic heterocycles. The molecule has 3 rings (SSSR count). The van der Waals surface area contributed by atoms with Crippen LogP contribution in [0.1, 0.15) is 37.3 Å². The average Bonchev–Trinajstić information content (AvgIpc) is 3.02. The Bertz CT molecular complexity index is 731. The van der Waals surface area contributed by atoms with Crippen molar-refractivity contribution in [1.82, 2.24) is 34.8 Å². The van der Waals surface area contributed by atoms with Crippen molar-refractivity contribution in [3.05, 3.63) is 22.7 Å². The molecule has 0 unspecified atom stereocenters. The van der Waals surface area contributed by atoms with Crippen molar-refractivity contribution in [2.75, 3.05) is 0 Å². The Labute approximate surface area is 119 Å². The molecule has 0 atom stereocenters. The quantitative estimate of drug-likeness (QED) is 0.758. The molecule has 0 fully saturated rings. The highest BCUT2D eigenvalue weighted by atomic mass is 32.1. The highest BCUT2D eigenvalue weighted by molar-refractivity contribution is 7.16. The van der Waals surface area contributed by atoms with E-state index in [0.29, 0.717) is 13.1 Å². The second-order valence-corrected chi connectivity index (χ2v) is 6.62. The summed E-state index contributed by atoms with van der Waals surface area (Å²) in [6.07, 6.45) is 1.83. The summed E-state index contributed by atoms with van der Waals surface area (Å²) in [6, 6.07) is 0. The normalized spacial score (nSPS) is 12.4. The minimum atomic E-state index is -0.0925. The van der Waals surface area contributed by atoms with Crippen molar-refractivity contribution in [2.45, 2.75) is 39.3 Å². The van der Waals surface area contributed by atoms with Crippen LogP contribution < -0.4 is 5.73 Å². The van der Waals surface area contributed by atoms with Gasteiger partial charge in [-0.05, 0) is 0 Å². The molecule has 0 bridgehead atoms. The number of hydrogen-bond donors (Lipinski definition) is 1. The van der Waals surface area contributed by atoms with E-state index in [1.807, 2.05) is 6.20 Å². The van der Waals surface area contributed by atoms with E-state index in [4.69, 9.17) is 5.73 Å². The van der Waals surface area contributed by atoms with Gasteiger partial charge in [-0.1, -0.05) is 37.3 Å². The monoisotopic (exact) mass is 292 g/mol. The molecule has 0 aliphatic heterocycles. The van der Waals surface area contributed by atoms with Crippen LogP contribution in [0.3, 0.4) is 0 Å². The van der Waals surface area contributed by atoms with Crippen molar-refractivity contribution < 1.29 is 0 Å². The molecule has 3 aromatic rings.